The van der Waals surface area contributed by atoms with E-state index in [2.05, 4.69) is 15.8 Å². The standard InChI is InChI=1S/C19H25N3O4/c1-13-15(11-14-7-5-6-8-16(14)25-13)12-21-22-17(23)9-10-20-18(24)26-19(2,3)4/h5-8,11-13H,9-10H2,1-4H3,(H,20,24)(H,22,23)/b21-12+. The van der Waals surface area contributed by atoms with Gasteiger partial charge in [-0.2, -0.15) is 5.10 Å². The Labute approximate surface area is 153 Å². The first-order valence-electron chi connectivity index (χ1n) is 8.50. The van der Waals surface area contributed by atoms with Crippen LogP contribution in [0.5, 0.6) is 5.75 Å². The number of amides is 2. The van der Waals surface area contributed by atoms with Crippen molar-refractivity contribution in [1.82, 2.24) is 10.7 Å². The van der Waals surface area contributed by atoms with Crippen LogP contribution in [0.1, 0.15) is 39.7 Å². The number of fused-ring (bicyclic) bond motifs is 1. The third-order valence-electron chi connectivity index (χ3n) is 3.44. The van der Waals surface area contributed by atoms with E-state index in [4.69, 9.17) is 9.47 Å². The summed E-state index contributed by atoms with van der Waals surface area (Å²) < 4.78 is 10.9. The first-order chi connectivity index (χ1) is 12.2. The van der Waals surface area contributed by atoms with Crippen molar-refractivity contribution in [3.8, 4) is 5.75 Å². The average molecular weight is 359 g/mol. The third-order valence-corrected chi connectivity index (χ3v) is 3.44. The maximum atomic E-state index is 11.8. The maximum absolute atomic E-state index is 11.8. The van der Waals surface area contributed by atoms with Crippen molar-refractivity contribution in [2.45, 2.75) is 45.8 Å². The monoisotopic (exact) mass is 359 g/mol. The fourth-order valence-corrected chi connectivity index (χ4v) is 2.23. The SMILES string of the molecule is CC1Oc2ccccc2C=C1/C=N/NC(=O)CCNC(=O)OC(C)(C)C. The number of hydrogen-bond donors (Lipinski definition) is 2. The predicted octanol–water partition coefficient (Wildman–Crippen LogP) is 2.87. The van der Waals surface area contributed by atoms with Crippen LogP contribution < -0.4 is 15.5 Å². The van der Waals surface area contributed by atoms with Gasteiger partial charge in [-0.15, -0.1) is 0 Å². The van der Waals surface area contributed by atoms with Crippen LogP contribution in [0.25, 0.3) is 6.08 Å². The molecule has 2 amide bonds. The largest absolute Gasteiger partial charge is 0.485 e. The maximum Gasteiger partial charge on any atom is 0.407 e. The van der Waals surface area contributed by atoms with E-state index in [1.807, 2.05) is 37.3 Å². The lowest BCUT2D eigenvalue weighted by atomic mass is 10.0. The molecule has 0 spiro atoms. The fraction of sp³-hybridized carbons (Fsp3) is 0.421. The van der Waals surface area contributed by atoms with Gasteiger partial charge in [-0.25, -0.2) is 10.2 Å². The topological polar surface area (TPSA) is 89.0 Å². The number of hydrazone groups is 1. The van der Waals surface area contributed by atoms with Gasteiger partial charge < -0.3 is 14.8 Å². The van der Waals surface area contributed by atoms with E-state index in [9.17, 15) is 9.59 Å². The highest BCUT2D eigenvalue weighted by Crippen LogP contribution is 2.28. The zero-order chi connectivity index (χ0) is 19.2. The van der Waals surface area contributed by atoms with Gasteiger partial charge in [-0.05, 0) is 39.8 Å². The summed E-state index contributed by atoms with van der Waals surface area (Å²) in [6.07, 6.45) is 2.94. The van der Waals surface area contributed by atoms with E-state index in [0.29, 0.717) is 0 Å². The van der Waals surface area contributed by atoms with Gasteiger partial charge in [0, 0.05) is 24.1 Å². The molecule has 140 valence electrons. The van der Waals surface area contributed by atoms with Crippen LogP contribution in [0.2, 0.25) is 0 Å². The molecule has 1 heterocycles. The van der Waals surface area contributed by atoms with Crippen molar-refractivity contribution in [2.24, 2.45) is 5.10 Å². The summed E-state index contributed by atoms with van der Waals surface area (Å²) in [6.45, 7) is 7.41. The molecule has 0 saturated carbocycles. The molecular formula is C19H25N3O4. The van der Waals surface area contributed by atoms with Crippen molar-refractivity contribution in [3.63, 3.8) is 0 Å². The zero-order valence-electron chi connectivity index (χ0n) is 15.5. The lowest BCUT2D eigenvalue weighted by Gasteiger charge is -2.22. The van der Waals surface area contributed by atoms with E-state index in [1.165, 1.54) is 0 Å². The molecule has 2 rings (SSSR count). The van der Waals surface area contributed by atoms with E-state index < -0.39 is 11.7 Å². The highest BCUT2D eigenvalue weighted by Gasteiger charge is 2.17. The number of ether oxygens (including phenoxy) is 2. The molecule has 7 nitrogen and oxygen atoms in total. The Hall–Kier alpha value is -2.83. The van der Waals surface area contributed by atoms with E-state index >= 15 is 0 Å². The van der Waals surface area contributed by atoms with E-state index in [1.54, 1.807) is 27.0 Å². The van der Waals surface area contributed by atoms with Crippen LogP contribution in [0, 0.1) is 0 Å². The van der Waals surface area contributed by atoms with Crippen LogP contribution in [0.4, 0.5) is 4.79 Å². The van der Waals surface area contributed by atoms with Crippen molar-refractivity contribution < 1.29 is 19.1 Å². The number of nitrogens with zero attached hydrogens (tertiary/aromatic N) is 1. The third kappa shape index (κ3) is 6.23. The molecule has 1 unspecified atom stereocenters. The molecule has 1 aliphatic rings. The van der Waals surface area contributed by atoms with Gasteiger partial charge in [0.05, 0.1) is 6.21 Å². The number of carbonyl (C=O) groups excluding carboxylic acids is 2. The molecule has 1 aromatic rings. The van der Waals surface area contributed by atoms with Crippen LogP contribution in [0.3, 0.4) is 0 Å². The Kier molecular flexibility index (Phi) is 6.38. The number of carbonyl (C=O) groups is 2. The molecule has 0 radical (unpaired) electrons. The second kappa shape index (κ2) is 8.51. The number of nitrogens with one attached hydrogen (secondary N) is 2. The summed E-state index contributed by atoms with van der Waals surface area (Å²) in [6, 6.07) is 7.72. The molecule has 0 aliphatic carbocycles. The lowest BCUT2D eigenvalue weighted by Crippen LogP contribution is -2.34. The zero-order valence-corrected chi connectivity index (χ0v) is 15.5. The average Bonchev–Trinajstić information content (AvgIpc) is 2.53. The minimum Gasteiger partial charge on any atom is -0.485 e. The van der Waals surface area contributed by atoms with Gasteiger partial charge in [-0.1, -0.05) is 18.2 Å². The van der Waals surface area contributed by atoms with E-state index in [0.717, 1.165) is 16.9 Å². The summed E-state index contributed by atoms with van der Waals surface area (Å²) in [5.74, 6) is 0.525. The summed E-state index contributed by atoms with van der Waals surface area (Å²) in [7, 11) is 0. The smallest absolute Gasteiger partial charge is 0.407 e. The second-order valence-electron chi connectivity index (χ2n) is 6.91. The molecule has 0 fully saturated rings. The highest BCUT2D eigenvalue weighted by molar-refractivity contribution is 5.89. The van der Waals surface area contributed by atoms with Crippen LogP contribution in [-0.2, 0) is 9.53 Å². The molecule has 0 saturated heterocycles. The van der Waals surface area contributed by atoms with Gasteiger partial charge in [0.2, 0.25) is 5.91 Å². The lowest BCUT2D eigenvalue weighted by molar-refractivity contribution is -0.120. The fourth-order valence-electron chi connectivity index (χ4n) is 2.23. The molecule has 1 atom stereocenters. The van der Waals surface area contributed by atoms with Gasteiger partial charge in [-0.3, -0.25) is 4.79 Å². The Balaban J connectivity index is 1.77. The molecular weight excluding hydrogens is 334 g/mol. The molecule has 26 heavy (non-hydrogen) atoms. The molecule has 1 aliphatic heterocycles. The van der Waals surface area contributed by atoms with Crippen molar-refractivity contribution in [1.29, 1.82) is 0 Å². The molecule has 0 bridgehead atoms. The van der Waals surface area contributed by atoms with Crippen LogP contribution in [-0.4, -0.2) is 36.5 Å². The number of rotatable bonds is 5. The molecule has 1 aromatic carbocycles. The number of benzene rings is 1. The summed E-state index contributed by atoms with van der Waals surface area (Å²) in [5.41, 5.74) is 3.70. The van der Waals surface area contributed by atoms with Gasteiger partial charge >= 0.3 is 6.09 Å². The Bertz CT molecular complexity index is 720. The first-order valence-corrected chi connectivity index (χ1v) is 8.50. The van der Waals surface area contributed by atoms with Gasteiger partial charge in [0.15, 0.2) is 0 Å². The molecule has 0 aromatic heterocycles. The van der Waals surface area contributed by atoms with Gasteiger partial charge in [0.25, 0.3) is 0 Å². The number of hydrogen-bond acceptors (Lipinski definition) is 5. The number of alkyl carbamates (subject to hydrolysis) is 1. The summed E-state index contributed by atoms with van der Waals surface area (Å²) in [4.78, 5) is 23.2. The predicted molar refractivity (Wildman–Crippen MR) is 100.0 cm³/mol. The highest BCUT2D eigenvalue weighted by atomic mass is 16.6. The quantitative estimate of drug-likeness (QED) is 0.625. The van der Waals surface area contributed by atoms with Crippen LogP contribution >= 0.6 is 0 Å². The van der Waals surface area contributed by atoms with Gasteiger partial charge in [0.1, 0.15) is 17.5 Å². The Morgan fingerprint density at radius 2 is 2.04 bits per heavy atom. The molecule has 2 N–H and O–H groups in total. The van der Waals surface area contributed by atoms with Crippen molar-refractivity contribution in [2.75, 3.05) is 6.54 Å². The summed E-state index contributed by atoms with van der Waals surface area (Å²) >= 11 is 0. The van der Waals surface area contributed by atoms with Crippen LogP contribution in [0.15, 0.2) is 34.9 Å². The van der Waals surface area contributed by atoms with Crippen molar-refractivity contribution in [3.05, 3.63) is 35.4 Å². The van der Waals surface area contributed by atoms with Crippen molar-refractivity contribution >= 4 is 24.3 Å². The number of para-hydroxylation sites is 1. The second-order valence-corrected chi connectivity index (χ2v) is 6.91. The Morgan fingerprint density at radius 1 is 1.31 bits per heavy atom. The minimum atomic E-state index is -0.568. The molecule has 7 heteroatoms. The normalized spacial score (nSPS) is 16.3. The summed E-state index contributed by atoms with van der Waals surface area (Å²) in [5, 5.41) is 6.48. The Morgan fingerprint density at radius 3 is 2.77 bits per heavy atom. The van der Waals surface area contributed by atoms with E-state index in [-0.39, 0.29) is 25.0 Å². The minimum absolute atomic E-state index is 0.102. The first kappa shape index (κ1) is 19.5.